The summed E-state index contributed by atoms with van der Waals surface area (Å²) in [5.74, 6) is 0. The molecule has 2 atom stereocenters. The molecule has 0 radical (unpaired) electrons. The normalized spacial score (nSPS) is 21.4. The first-order chi connectivity index (χ1) is 9.65. The van der Waals surface area contributed by atoms with Gasteiger partial charge in [0.05, 0.1) is 17.3 Å². The summed E-state index contributed by atoms with van der Waals surface area (Å²) in [5, 5.41) is 1.11. The Labute approximate surface area is 120 Å². The van der Waals surface area contributed by atoms with Gasteiger partial charge in [-0.3, -0.25) is 14.9 Å². The van der Waals surface area contributed by atoms with Gasteiger partial charge in [0.15, 0.2) is 0 Å². The molecule has 1 aliphatic rings. The van der Waals surface area contributed by atoms with Gasteiger partial charge in [-0.2, -0.15) is 0 Å². The lowest BCUT2D eigenvalue weighted by molar-refractivity contribution is 0.251. The summed E-state index contributed by atoms with van der Waals surface area (Å²) in [6.07, 6.45) is 4.37. The lowest BCUT2D eigenvalue weighted by Gasteiger charge is -2.24. The Morgan fingerprint density at radius 2 is 2.25 bits per heavy atom. The van der Waals surface area contributed by atoms with Crippen LogP contribution in [0.5, 0.6) is 0 Å². The highest BCUT2D eigenvalue weighted by Gasteiger charge is 2.23. The maximum atomic E-state index is 6.35. The van der Waals surface area contributed by atoms with Crippen LogP contribution in [0.4, 0.5) is 0 Å². The van der Waals surface area contributed by atoms with Crippen molar-refractivity contribution < 1.29 is 0 Å². The molecule has 2 aromatic heterocycles. The lowest BCUT2D eigenvalue weighted by Crippen LogP contribution is -2.34. The summed E-state index contributed by atoms with van der Waals surface area (Å²) >= 11 is 0. The van der Waals surface area contributed by atoms with Gasteiger partial charge in [0.2, 0.25) is 0 Å². The van der Waals surface area contributed by atoms with Crippen LogP contribution in [-0.4, -0.2) is 34.0 Å². The van der Waals surface area contributed by atoms with Gasteiger partial charge in [-0.05, 0) is 51.4 Å². The lowest BCUT2D eigenvalue weighted by atomic mass is 10.1. The maximum Gasteiger partial charge on any atom is 0.0739 e. The average Bonchev–Trinajstić information content (AvgIpc) is 2.84. The highest BCUT2D eigenvalue weighted by Crippen LogP contribution is 2.21. The van der Waals surface area contributed by atoms with Crippen molar-refractivity contribution in [3.8, 4) is 0 Å². The Balaban J connectivity index is 1.82. The molecule has 1 aliphatic heterocycles. The Morgan fingerprint density at radius 3 is 3.00 bits per heavy atom. The van der Waals surface area contributed by atoms with Crippen LogP contribution >= 0.6 is 0 Å². The number of fused-ring (bicyclic) bond motifs is 1. The number of hydrogen-bond acceptors (Lipinski definition) is 4. The van der Waals surface area contributed by atoms with Crippen molar-refractivity contribution in [2.45, 2.75) is 38.8 Å². The number of pyridine rings is 2. The van der Waals surface area contributed by atoms with Gasteiger partial charge >= 0.3 is 0 Å². The van der Waals surface area contributed by atoms with Crippen LogP contribution < -0.4 is 5.73 Å². The van der Waals surface area contributed by atoms with Gasteiger partial charge < -0.3 is 5.73 Å². The second-order valence-corrected chi connectivity index (χ2v) is 5.79. The van der Waals surface area contributed by atoms with E-state index in [0.717, 1.165) is 35.4 Å². The van der Waals surface area contributed by atoms with Crippen molar-refractivity contribution in [3.05, 3.63) is 35.8 Å². The SMILES string of the molecule is Cc1nccc2nc(C(N)CN3CCCC3C)ccc12. The molecule has 106 valence electrons. The molecule has 3 rings (SSSR count). The number of nitrogens with two attached hydrogens (primary N) is 1. The Morgan fingerprint density at radius 1 is 1.40 bits per heavy atom. The molecule has 1 fully saturated rings. The molecule has 0 saturated carbocycles. The second-order valence-electron chi connectivity index (χ2n) is 5.79. The van der Waals surface area contributed by atoms with Crippen molar-refractivity contribution in [1.82, 2.24) is 14.9 Å². The number of aryl methyl sites for hydroxylation is 1. The molecule has 0 amide bonds. The number of hydrogen-bond donors (Lipinski definition) is 1. The third-order valence-electron chi connectivity index (χ3n) is 4.34. The van der Waals surface area contributed by atoms with Crippen LogP contribution in [0.25, 0.3) is 10.9 Å². The van der Waals surface area contributed by atoms with Crippen molar-refractivity contribution in [3.63, 3.8) is 0 Å². The topological polar surface area (TPSA) is 55.0 Å². The highest BCUT2D eigenvalue weighted by atomic mass is 15.2. The first-order valence-electron chi connectivity index (χ1n) is 7.37. The highest BCUT2D eigenvalue weighted by molar-refractivity contribution is 5.80. The molecule has 0 bridgehead atoms. The number of rotatable bonds is 3. The average molecular weight is 270 g/mol. The first kappa shape index (κ1) is 13.5. The molecule has 2 aromatic rings. The zero-order chi connectivity index (χ0) is 14.1. The predicted molar refractivity (Wildman–Crippen MR) is 81.5 cm³/mol. The van der Waals surface area contributed by atoms with E-state index < -0.39 is 0 Å². The van der Waals surface area contributed by atoms with Crippen LogP contribution in [0.2, 0.25) is 0 Å². The van der Waals surface area contributed by atoms with E-state index in [1.807, 2.05) is 25.3 Å². The minimum absolute atomic E-state index is 0.0200. The van der Waals surface area contributed by atoms with E-state index in [1.54, 1.807) is 0 Å². The fourth-order valence-corrected chi connectivity index (χ4v) is 3.03. The third kappa shape index (κ3) is 2.53. The van der Waals surface area contributed by atoms with E-state index in [9.17, 15) is 0 Å². The second kappa shape index (κ2) is 5.46. The summed E-state index contributed by atoms with van der Waals surface area (Å²) in [5.41, 5.74) is 9.32. The molecule has 0 aliphatic carbocycles. The van der Waals surface area contributed by atoms with Gasteiger partial charge in [-0.1, -0.05) is 0 Å². The summed E-state index contributed by atoms with van der Waals surface area (Å²) in [7, 11) is 0. The zero-order valence-corrected chi connectivity index (χ0v) is 12.2. The Kier molecular flexibility index (Phi) is 3.68. The van der Waals surface area contributed by atoms with E-state index in [-0.39, 0.29) is 6.04 Å². The maximum absolute atomic E-state index is 6.35. The summed E-state index contributed by atoms with van der Waals surface area (Å²) < 4.78 is 0. The van der Waals surface area contributed by atoms with Crippen LogP contribution in [0.1, 0.15) is 37.2 Å². The van der Waals surface area contributed by atoms with E-state index in [1.165, 1.54) is 12.8 Å². The molecule has 4 nitrogen and oxygen atoms in total. The fourth-order valence-electron chi connectivity index (χ4n) is 3.03. The van der Waals surface area contributed by atoms with Crippen molar-refractivity contribution in [2.24, 2.45) is 5.73 Å². The minimum Gasteiger partial charge on any atom is -0.322 e. The zero-order valence-electron chi connectivity index (χ0n) is 12.2. The van der Waals surface area contributed by atoms with E-state index >= 15 is 0 Å². The standard InChI is InChI=1S/C16H22N4/c1-11-4-3-9-20(11)10-14(17)16-6-5-13-12(2)18-8-7-15(13)19-16/h5-8,11,14H,3-4,9-10,17H2,1-2H3. The molecule has 3 heterocycles. The minimum atomic E-state index is -0.0200. The van der Waals surface area contributed by atoms with Gasteiger partial charge in [-0.25, -0.2) is 0 Å². The van der Waals surface area contributed by atoms with Crippen molar-refractivity contribution in [1.29, 1.82) is 0 Å². The van der Waals surface area contributed by atoms with Crippen molar-refractivity contribution in [2.75, 3.05) is 13.1 Å². The largest absolute Gasteiger partial charge is 0.322 e. The summed E-state index contributed by atoms with van der Waals surface area (Å²) in [6.45, 7) is 6.34. The summed E-state index contributed by atoms with van der Waals surface area (Å²) in [6, 6.07) is 6.72. The van der Waals surface area contributed by atoms with Crippen LogP contribution in [0, 0.1) is 6.92 Å². The molecule has 2 unspecified atom stereocenters. The molecule has 1 saturated heterocycles. The molecule has 4 heteroatoms. The quantitative estimate of drug-likeness (QED) is 0.930. The van der Waals surface area contributed by atoms with E-state index in [0.29, 0.717) is 6.04 Å². The number of aromatic nitrogens is 2. The molecular weight excluding hydrogens is 248 g/mol. The monoisotopic (exact) mass is 270 g/mol. The first-order valence-corrected chi connectivity index (χ1v) is 7.37. The van der Waals surface area contributed by atoms with Crippen LogP contribution in [-0.2, 0) is 0 Å². The molecular formula is C16H22N4. The summed E-state index contributed by atoms with van der Waals surface area (Å²) in [4.78, 5) is 11.5. The molecule has 20 heavy (non-hydrogen) atoms. The van der Waals surface area contributed by atoms with Crippen LogP contribution in [0.15, 0.2) is 24.4 Å². The van der Waals surface area contributed by atoms with Gasteiger partial charge in [0.1, 0.15) is 0 Å². The molecule has 0 aromatic carbocycles. The van der Waals surface area contributed by atoms with Crippen molar-refractivity contribution >= 4 is 10.9 Å². The van der Waals surface area contributed by atoms with Crippen LogP contribution in [0.3, 0.4) is 0 Å². The van der Waals surface area contributed by atoms with Gasteiger partial charge in [0.25, 0.3) is 0 Å². The Hall–Kier alpha value is -1.52. The number of likely N-dealkylation sites (tertiary alicyclic amines) is 1. The smallest absolute Gasteiger partial charge is 0.0739 e. The predicted octanol–water partition coefficient (Wildman–Crippen LogP) is 2.42. The van der Waals surface area contributed by atoms with E-state index in [2.05, 4.69) is 22.9 Å². The number of nitrogens with zero attached hydrogens (tertiary/aromatic N) is 3. The Bertz CT molecular complexity index is 610. The molecule has 2 N–H and O–H groups in total. The van der Waals surface area contributed by atoms with Gasteiger partial charge in [-0.15, -0.1) is 0 Å². The molecule has 0 spiro atoms. The third-order valence-corrected chi connectivity index (χ3v) is 4.34. The van der Waals surface area contributed by atoms with E-state index in [4.69, 9.17) is 10.7 Å². The fraction of sp³-hybridized carbons (Fsp3) is 0.500. The van der Waals surface area contributed by atoms with Gasteiger partial charge in [0, 0.05) is 29.9 Å².